The summed E-state index contributed by atoms with van der Waals surface area (Å²) in [4.78, 5) is 41.2. The van der Waals surface area contributed by atoms with Gasteiger partial charge in [-0.25, -0.2) is 0 Å². The van der Waals surface area contributed by atoms with E-state index in [1.165, 1.54) is 4.90 Å². The number of amides is 2. The highest BCUT2D eigenvalue weighted by atomic mass is 16.5. The molecule has 2 heterocycles. The SMILES string of the molecule is Cc1cccc(C(=O)N2[C@H](C(=O)[O-])COC23CCN(C(=O)c2ccccc2C)CC3)c1. The molecule has 0 N–H and O–H groups in total. The number of hydrogen-bond acceptors (Lipinski definition) is 5. The van der Waals surface area contributed by atoms with Gasteiger partial charge in [0.05, 0.1) is 18.6 Å². The Hall–Kier alpha value is -3.19. The first-order valence-corrected chi connectivity index (χ1v) is 10.4. The van der Waals surface area contributed by atoms with E-state index in [1.807, 2.05) is 38.1 Å². The largest absolute Gasteiger partial charge is 0.548 e. The Morgan fingerprint density at radius 1 is 1.00 bits per heavy atom. The van der Waals surface area contributed by atoms with Gasteiger partial charge in [0.2, 0.25) is 0 Å². The lowest BCUT2D eigenvalue weighted by molar-refractivity contribution is -0.310. The molecule has 7 heteroatoms. The molecule has 1 spiro atoms. The maximum Gasteiger partial charge on any atom is 0.256 e. The fourth-order valence-corrected chi connectivity index (χ4v) is 4.51. The van der Waals surface area contributed by atoms with Crippen molar-refractivity contribution in [2.45, 2.75) is 38.5 Å². The van der Waals surface area contributed by atoms with Gasteiger partial charge in [-0.15, -0.1) is 0 Å². The third-order valence-electron chi connectivity index (χ3n) is 6.22. The van der Waals surface area contributed by atoms with Crippen molar-refractivity contribution in [1.29, 1.82) is 0 Å². The van der Waals surface area contributed by atoms with Gasteiger partial charge in [-0.3, -0.25) is 14.5 Å². The molecular formula is C24H25N2O5-. The number of aliphatic carboxylic acids is 1. The lowest BCUT2D eigenvalue weighted by Crippen LogP contribution is -2.60. The molecule has 1 atom stereocenters. The first-order chi connectivity index (χ1) is 14.8. The minimum Gasteiger partial charge on any atom is -0.548 e. The second kappa shape index (κ2) is 8.15. The van der Waals surface area contributed by atoms with E-state index in [4.69, 9.17) is 4.74 Å². The molecule has 0 bridgehead atoms. The third-order valence-corrected chi connectivity index (χ3v) is 6.22. The average molecular weight is 421 g/mol. The number of aryl methyl sites for hydroxylation is 2. The highest BCUT2D eigenvalue weighted by Gasteiger charge is 2.52. The number of hydrogen-bond donors (Lipinski definition) is 0. The Bertz CT molecular complexity index is 1030. The van der Waals surface area contributed by atoms with Crippen LogP contribution in [0.15, 0.2) is 48.5 Å². The maximum absolute atomic E-state index is 13.3. The normalized spacial score (nSPS) is 20.1. The van der Waals surface area contributed by atoms with Gasteiger partial charge in [0.25, 0.3) is 11.8 Å². The molecule has 7 nitrogen and oxygen atoms in total. The van der Waals surface area contributed by atoms with Crippen LogP contribution in [-0.4, -0.2) is 59.0 Å². The Morgan fingerprint density at radius 3 is 2.35 bits per heavy atom. The van der Waals surface area contributed by atoms with E-state index >= 15 is 0 Å². The number of carbonyl (C=O) groups excluding carboxylic acids is 3. The molecule has 2 saturated heterocycles. The van der Waals surface area contributed by atoms with Crippen LogP contribution in [0.5, 0.6) is 0 Å². The van der Waals surface area contributed by atoms with Crippen molar-refractivity contribution in [2.75, 3.05) is 19.7 Å². The average Bonchev–Trinajstić information content (AvgIpc) is 3.12. The van der Waals surface area contributed by atoms with Crippen LogP contribution in [0.3, 0.4) is 0 Å². The minimum absolute atomic E-state index is 0.0704. The standard InChI is InChI=1S/C24H26N2O5/c1-16-6-5-8-18(14-16)21(27)26-20(23(29)30)15-31-24(26)10-12-25(13-11-24)22(28)19-9-4-3-7-17(19)2/h3-9,14,20H,10-13,15H2,1-2H3,(H,29,30)/p-1/t20-/m0/s1. The number of carbonyl (C=O) groups is 3. The van der Waals surface area contributed by atoms with E-state index < -0.39 is 23.6 Å². The predicted molar refractivity (Wildman–Crippen MR) is 111 cm³/mol. The monoisotopic (exact) mass is 421 g/mol. The van der Waals surface area contributed by atoms with Crippen molar-refractivity contribution in [1.82, 2.24) is 9.80 Å². The number of piperidine rings is 1. The van der Waals surface area contributed by atoms with Crippen LogP contribution in [0.25, 0.3) is 0 Å². The van der Waals surface area contributed by atoms with Crippen LogP contribution < -0.4 is 5.11 Å². The summed E-state index contributed by atoms with van der Waals surface area (Å²) >= 11 is 0. The Balaban J connectivity index is 1.58. The summed E-state index contributed by atoms with van der Waals surface area (Å²) in [5, 5.41) is 11.8. The molecule has 2 amide bonds. The second-order valence-corrected chi connectivity index (χ2v) is 8.24. The summed E-state index contributed by atoms with van der Waals surface area (Å²) in [6, 6.07) is 13.3. The van der Waals surface area contributed by atoms with Gasteiger partial charge in [0.1, 0.15) is 5.72 Å². The molecule has 0 aliphatic carbocycles. The first kappa shape index (κ1) is 21.1. The van der Waals surface area contributed by atoms with Crippen molar-refractivity contribution in [3.63, 3.8) is 0 Å². The highest BCUT2D eigenvalue weighted by molar-refractivity contribution is 5.98. The van der Waals surface area contributed by atoms with Crippen LogP contribution in [0.4, 0.5) is 0 Å². The van der Waals surface area contributed by atoms with Gasteiger partial charge in [-0.05, 0) is 37.6 Å². The molecule has 2 aromatic carbocycles. The number of nitrogens with zero attached hydrogens (tertiary/aromatic N) is 2. The number of ether oxygens (including phenoxy) is 1. The lowest BCUT2D eigenvalue weighted by atomic mass is 9.95. The molecule has 0 unspecified atom stereocenters. The second-order valence-electron chi connectivity index (χ2n) is 8.24. The van der Waals surface area contributed by atoms with E-state index in [0.29, 0.717) is 37.1 Å². The molecule has 2 aromatic rings. The smallest absolute Gasteiger partial charge is 0.256 e. The number of benzene rings is 2. The molecular weight excluding hydrogens is 396 g/mol. The third kappa shape index (κ3) is 3.81. The van der Waals surface area contributed by atoms with Crippen molar-refractivity contribution >= 4 is 17.8 Å². The quantitative estimate of drug-likeness (QED) is 0.750. The summed E-state index contributed by atoms with van der Waals surface area (Å²) in [5.74, 6) is -1.80. The van der Waals surface area contributed by atoms with E-state index in [0.717, 1.165) is 11.1 Å². The van der Waals surface area contributed by atoms with Gasteiger partial charge in [-0.2, -0.15) is 0 Å². The zero-order chi connectivity index (χ0) is 22.2. The van der Waals surface area contributed by atoms with Crippen molar-refractivity contribution in [2.24, 2.45) is 0 Å². The molecule has 162 valence electrons. The zero-order valence-electron chi connectivity index (χ0n) is 17.7. The van der Waals surface area contributed by atoms with E-state index in [9.17, 15) is 19.5 Å². The lowest BCUT2D eigenvalue weighted by Gasteiger charge is -2.45. The summed E-state index contributed by atoms with van der Waals surface area (Å²) in [5.41, 5.74) is 1.80. The van der Waals surface area contributed by atoms with E-state index in [1.54, 1.807) is 29.2 Å². The molecule has 2 aliphatic rings. The van der Waals surface area contributed by atoms with Crippen molar-refractivity contribution in [3.05, 3.63) is 70.8 Å². The molecule has 2 fully saturated rings. The van der Waals surface area contributed by atoms with E-state index in [2.05, 4.69) is 0 Å². The van der Waals surface area contributed by atoms with Gasteiger partial charge in [0.15, 0.2) is 0 Å². The Morgan fingerprint density at radius 2 is 1.71 bits per heavy atom. The van der Waals surface area contributed by atoms with Crippen molar-refractivity contribution in [3.8, 4) is 0 Å². The van der Waals surface area contributed by atoms with Gasteiger partial charge in [0, 0.05) is 37.1 Å². The molecule has 31 heavy (non-hydrogen) atoms. The Kier molecular flexibility index (Phi) is 5.54. The minimum atomic E-state index is -1.34. The molecule has 0 saturated carbocycles. The Labute approximate surface area is 181 Å². The van der Waals surface area contributed by atoms with Crippen LogP contribution in [0.2, 0.25) is 0 Å². The maximum atomic E-state index is 13.3. The van der Waals surface area contributed by atoms with Gasteiger partial charge >= 0.3 is 0 Å². The van der Waals surface area contributed by atoms with E-state index in [-0.39, 0.29) is 12.5 Å². The van der Waals surface area contributed by atoms with Gasteiger partial charge < -0.3 is 19.5 Å². The van der Waals surface area contributed by atoms with Crippen LogP contribution >= 0.6 is 0 Å². The molecule has 4 rings (SSSR count). The number of likely N-dealkylation sites (tertiary alicyclic amines) is 1. The zero-order valence-corrected chi connectivity index (χ0v) is 17.7. The topological polar surface area (TPSA) is 90.0 Å². The number of carboxylic acid groups (broad SMARTS) is 1. The number of carboxylic acids is 1. The fraction of sp³-hybridized carbons (Fsp3) is 0.375. The summed E-state index contributed by atoms with van der Waals surface area (Å²) in [6.07, 6.45) is 0.678. The highest BCUT2D eigenvalue weighted by Crippen LogP contribution is 2.38. The summed E-state index contributed by atoms with van der Waals surface area (Å²) < 4.78 is 5.94. The molecule has 0 radical (unpaired) electrons. The fourth-order valence-electron chi connectivity index (χ4n) is 4.51. The van der Waals surface area contributed by atoms with Crippen LogP contribution in [-0.2, 0) is 9.53 Å². The number of rotatable bonds is 3. The van der Waals surface area contributed by atoms with Crippen molar-refractivity contribution < 1.29 is 24.2 Å². The predicted octanol–water partition coefficient (Wildman–Crippen LogP) is 1.53. The summed E-state index contributed by atoms with van der Waals surface area (Å²) in [6.45, 7) is 4.38. The molecule has 2 aliphatic heterocycles. The molecule has 0 aromatic heterocycles. The van der Waals surface area contributed by atoms with Crippen LogP contribution in [0, 0.1) is 13.8 Å². The summed E-state index contributed by atoms with van der Waals surface area (Å²) in [7, 11) is 0. The van der Waals surface area contributed by atoms with Crippen LogP contribution in [0.1, 0.15) is 44.7 Å². The van der Waals surface area contributed by atoms with Gasteiger partial charge in [-0.1, -0.05) is 35.9 Å². The first-order valence-electron chi connectivity index (χ1n) is 10.4.